The zero-order valence-electron chi connectivity index (χ0n) is 10.2. The molecule has 2 aliphatic rings. The van der Waals surface area contributed by atoms with Crippen LogP contribution in [0.15, 0.2) is 12.2 Å². The lowest BCUT2D eigenvalue weighted by Crippen LogP contribution is -2.50. The lowest BCUT2D eigenvalue weighted by atomic mass is 9.67. The molecule has 0 radical (unpaired) electrons. The van der Waals surface area contributed by atoms with Crippen molar-refractivity contribution in [3.05, 3.63) is 12.2 Å². The van der Waals surface area contributed by atoms with Gasteiger partial charge in [-0.25, -0.2) is 0 Å². The second-order valence-corrected chi connectivity index (χ2v) is 4.77. The summed E-state index contributed by atoms with van der Waals surface area (Å²) >= 11 is 0. The third-order valence-electron chi connectivity index (χ3n) is 3.85. The minimum atomic E-state index is -5.45. The van der Waals surface area contributed by atoms with Crippen LogP contribution >= 0.6 is 0 Å². The van der Waals surface area contributed by atoms with E-state index in [-0.39, 0.29) is 6.42 Å². The number of hydrogen-bond acceptors (Lipinski definition) is 1. The molecular formula is C11H10F6O. The highest BCUT2D eigenvalue weighted by Gasteiger charge is 2.70. The molecule has 0 aliphatic heterocycles. The SMILES string of the molecule is [2H]C1(C(=O)C(F)(F)F)C2C=CC(C2)C1(C)C(F)(F)F. The van der Waals surface area contributed by atoms with Gasteiger partial charge in [0.05, 0.1) is 5.41 Å². The van der Waals surface area contributed by atoms with Crippen molar-refractivity contribution in [1.29, 1.82) is 0 Å². The van der Waals surface area contributed by atoms with E-state index in [0.717, 1.165) is 12.2 Å². The first kappa shape index (κ1) is 12.0. The molecule has 0 aromatic rings. The molecule has 0 heterocycles. The molecule has 7 heteroatoms. The minimum Gasteiger partial charge on any atom is -0.289 e. The van der Waals surface area contributed by atoms with Crippen molar-refractivity contribution in [1.82, 2.24) is 0 Å². The summed E-state index contributed by atoms with van der Waals surface area (Å²) in [5.74, 6) is -8.46. The first-order valence-corrected chi connectivity index (χ1v) is 5.23. The Morgan fingerprint density at radius 2 is 1.83 bits per heavy atom. The number of ketones is 1. The van der Waals surface area contributed by atoms with Gasteiger partial charge < -0.3 is 0 Å². The summed E-state index contributed by atoms with van der Waals surface area (Å²) in [6.07, 6.45) is -8.48. The molecule has 0 aromatic heterocycles. The van der Waals surface area contributed by atoms with E-state index in [9.17, 15) is 31.1 Å². The van der Waals surface area contributed by atoms with E-state index >= 15 is 0 Å². The van der Waals surface area contributed by atoms with Crippen LogP contribution in [0.25, 0.3) is 0 Å². The number of halogens is 6. The summed E-state index contributed by atoms with van der Waals surface area (Å²) in [4.78, 5) is 11.4. The molecule has 18 heavy (non-hydrogen) atoms. The quantitative estimate of drug-likeness (QED) is 0.528. The van der Waals surface area contributed by atoms with Crippen molar-refractivity contribution in [3.63, 3.8) is 0 Å². The van der Waals surface area contributed by atoms with Crippen molar-refractivity contribution < 1.29 is 32.5 Å². The van der Waals surface area contributed by atoms with Crippen LogP contribution in [0.1, 0.15) is 14.7 Å². The Morgan fingerprint density at radius 3 is 2.28 bits per heavy atom. The molecular weight excluding hydrogens is 262 g/mol. The van der Waals surface area contributed by atoms with Gasteiger partial charge in [0.25, 0.3) is 0 Å². The van der Waals surface area contributed by atoms with Gasteiger partial charge in [0.15, 0.2) is 0 Å². The van der Waals surface area contributed by atoms with Crippen molar-refractivity contribution in [3.8, 4) is 0 Å². The maximum Gasteiger partial charge on any atom is 0.450 e. The van der Waals surface area contributed by atoms with Crippen LogP contribution in [0, 0.1) is 23.1 Å². The first-order valence-electron chi connectivity index (χ1n) is 5.73. The number of fused-ring (bicyclic) bond motifs is 2. The summed E-state index contributed by atoms with van der Waals surface area (Å²) < 4.78 is 84.8. The van der Waals surface area contributed by atoms with Gasteiger partial charge in [-0.3, -0.25) is 4.79 Å². The molecule has 0 aromatic carbocycles. The smallest absolute Gasteiger partial charge is 0.289 e. The second-order valence-electron chi connectivity index (χ2n) is 4.77. The molecule has 1 fully saturated rings. The first-order chi connectivity index (χ1) is 8.37. The topological polar surface area (TPSA) is 17.1 Å². The Balaban J connectivity index is 2.61. The van der Waals surface area contributed by atoms with Crippen LogP contribution in [0.3, 0.4) is 0 Å². The van der Waals surface area contributed by atoms with Gasteiger partial charge in [-0.2, -0.15) is 26.3 Å². The van der Waals surface area contributed by atoms with Crippen molar-refractivity contribution in [2.24, 2.45) is 23.1 Å². The Morgan fingerprint density at radius 1 is 1.28 bits per heavy atom. The van der Waals surface area contributed by atoms with Crippen molar-refractivity contribution >= 4 is 5.78 Å². The Bertz CT molecular complexity index is 453. The molecule has 102 valence electrons. The fourth-order valence-electron chi connectivity index (χ4n) is 2.85. The van der Waals surface area contributed by atoms with Gasteiger partial charge in [0.1, 0.15) is 0 Å². The third-order valence-corrected chi connectivity index (χ3v) is 3.85. The summed E-state index contributed by atoms with van der Waals surface area (Å²) in [5.41, 5.74) is -3.01. The van der Waals surface area contributed by atoms with Gasteiger partial charge in [0.2, 0.25) is 5.78 Å². The lowest BCUT2D eigenvalue weighted by Gasteiger charge is -2.39. The van der Waals surface area contributed by atoms with Crippen LogP contribution < -0.4 is 0 Å². The zero-order valence-corrected chi connectivity index (χ0v) is 9.19. The fraction of sp³-hybridized carbons (Fsp3) is 0.727. The van der Waals surface area contributed by atoms with Gasteiger partial charge in [0, 0.05) is 7.26 Å². The zero-order chi connectivity index (χ0) is 14.9. The maximum atomic E-state index is 13.2. The summed E-state index contributed by atoms with van der Waals surface area (Å²) in [7, 11) is 0. The standard InChI is InChI=1S/C11H10F6O/c1-9(11(15,16)17)6-3-2-5(4-6)7(9)8(18)10(12,13)14/h2-3,5-7H,4H2,1H3/i7D. The number of carbonyl (C=O) groups is 1. The lowest BCUT2D eigenvalue weighted by molar-refractivity contribution is -0.247. The van der Waals surface area contributed by atoms with E-state index in [0.29, 0.717) is 6.92 Å². The summed E-state index contributed by atoms with van der Waals surface area (Å²) in [6, 6.07) is 0. The van der Waals surface area contributed by atoms with E-state index in [2.05, 4.69) is 0 Å². The number of allylic oxidation sites excluding steroid dienone is 2. The number of carbonyl (C=O) groups excluding carboxylic acids is 1. The summed E-state index contributed by atoms with van der Waals surface area (Å²) in [5, 5.41) is 0. The molecule has 1 nitrogen and oxygen atoms in total. The second kappa shape index (κ2) is 3.51. The average Bonchev–Trinajstić information content (AvgIpc) is 2.78. The van der Waals surface area contributed by atoms with E-state index in [1.165, 1.54) is 0 Å². The number of rotatable bonds is 1. The van der Waals surface area contributed by atoms with Crippen LogP contribution in [0.5, 0.6) is 0 Å². The number of alkyl halides is 6. The van der Waals surface area contributed by atoms with E-state index in [1.807, 2.05) is 0 Å². The van der Waals surface area contributed by atoms with Crippen molar-refractivity contribution in [2.45, 2.75) is 25.7 Å². The van der Waals surface area contributed by atoms with Crippen LogP contribution in [0.2, 0.25) is 0 Å². The van der Waals surface area contributed by atoms with Crippen LogP contribution in [0.4, 0.5) is 26.3 Å². The predicted molar refractivity (Wildman–Crippen MR) is 49.5 cm³/mol. The highest BCUT2D eigenvalue weighted by molar-refractivity contribution is 5.88. The number of Topliss-reactive ketones (excluding diaryl/α,β-unsaturated/α-hetero) is 1. The highest BCUT2D eigenvalue weighted by Crippen LogP contribution is 2.63. The highest BCUT2D eigenvalue weighted by atomic mass is 19.4. The maximum absolute atomic E-state index is 13.2. The molecule has 1 saturated carbocycles. The molecule has 4 atom stereocenters. The van der Waals surface area contributed by atoms with Crippen LogP contribution in [-0.2, 0) is 4.79 Å². The molecule has 0 N–H and O–H groups in total. The van der Waals surface area contributed by atoms with Gasteiger partial charge >= 0.3 is 12.4 Å². The van der Waals surface area contributed by atoms with Gasteiger partial charge in [-0.15, -0.1) is 0 Å². The molecule has 0 spiro atoms. The largest absolute Gasteiger partial charge is 0.450 e. The van der Waals surface area contributed by atoms with Gasteiger partial charge in [-0.1, -0.05) is 12.2 Å². The Labute approximate surface area is 100 Å². The molecule has 4 unspecified atom stereocenters. The monoisotopic (exact) mass is 273 g/mol. The number of hydrogen-bond donors (Lipinski definition) is 0. The summed E-state index contributed by atoms with van der Waals surface area (Å²) in [6.45, 7) is 0.539. The normalized spacial score (nSPS) is 44.3. The van der Waals surface area contributed by atoms with E-state index < -0.39 is 41.3 Å². The van der Waals surface area contributed by atoms with E-state index in [1.54, 1.807) is 0 Å². The Hall–Kier alpha value is -1.01. The predicted octanol–water partition coefficient (Wildman–Crippen LogP) is 3.51. The minimum absolute atomic E-state index is 0.249. The third kappa shape index (κ3) is 1.59. The van der Waals surface area contributed by atoms with Crippen LogP contribution in [-0.4, -0.2) is 18.1 Å². The molecule has 2 aliphatic carbocycles. The van der Waals surface area contributed by atoms with E-state index in [4.69, 9.17) is 1.37 Å². The molecule has 0 saturated heterocycles. The molecule has 2 rings (SSSR count). The molecule has 2 bridgehead atoms. The fourth-order valence-corrected chi connectivity index (χ4v) is 2.85. The van der Waals surface area contributed by atoms with Crippen molar-refractivity contribution in [2.75, 3.05) is 0 Å². The Kier molecular flexibility index (Phi) is 2.35. The molecule has 0 amide bonds. The van der Waals surface area contributed by atoms with Gasteiger partial charge in [-0.05, 0) is 25.2 Å². The average molecular weight is 273 g/mol.